The minimum atomic E-state index is -4.63. The predicted octanol–water partition coefficient (Wildman–Crippen LogP) is 5.98. The predicted molar refractivity (Wildman–Crippen MR) is 148 cm³/mol. The Morgan fingerprint density at radius 2 is 1.83 bits per heavy atom. The van der Waals surface area contributed by atoms with Crippen LogP contribution in [0.3, 0.4) is 0 Å². The summed E-state index contributed by atoms with van der Waals surface area (Å²) in [6.07, 6.45) is 1.13. The molecule has 0 spiro atoms. The van der Waals surface area contributed by atoms with Crippen LogP contribution in [0.5, 0.6) is 6.01 Å². The topological polar surface area (TPSA) is 76.7 Å². The minimum Gasteiger partial charge on any atom is -0.467 e. The Labute approximate surface area is 242 Å². The normalized spacial score (nSPS) is 29.1. The van der Waals surface area contributed by atoms with Crippen LogP contribution in [-0.2, 0) is 23.9 Å². The van der Waals surface area contributed by atoms with Gasteiger partial charge in [-0.05, 0) is 74.6 Å². The van der Waals surface area contributed by atoms with E-state index in [0.29, 0.717) is 30.1 Å². The first-order valence-electron chi connectivity index (χ1n) is 14.4. The summed E-state index contributed by atoms with van der Waals surface area (Å²) in [5, 5.41) is -0.438. The molecule has 224 valence electrons. The first-order chi connectivity index (χ1) is 19.6. The lowest BCUT2D eigenvalue weighted by Gasteiger charge is -2.36. The van der Waals surface area contributed by atoms with Gasteiger partial charge in [-0.15, -0.1) is 0 Å². The van der Waals surface area contributed by atoms with Crippen molar-refractivity contribution >= 4 is 23.1 Å². The number of nitrogens with two attached hydrogens (primary N) is 1. The third-order valence-corrected chi connectivity index (χ3v) is 9.48. The fraction of sp³-hybridized carbons (Fsp3) is 0.655. The van der Waals surface area contributed by atoms with Gasteiger partial charge in [-0.25, -0.2) is 4.39 Å². The maximum atomic E-state index is 13.8. The average Bonchev–Trinajstić information content (AvgIpc) is 3.60. The molecule has 0 amide bonds. The van der Waals surface area contributed by atoms with E-state index < -0.39 is 29.0 Å². The lowest BCUT2D eigenvalue weighted by atomic mass is 9.93. The molecule has 5 atom stereocenters. The van der Waals surface area contributed by atoms with Crippen LogP contribution in [0, 0.1) is 11.8 Å². The van der Waals surface area contributed by atoms with Crippen LogP contribution in [0.15, 0.2) is 12.1 Å². The number of piperidine rings is 1. The Hall–Kier alpha value is -2.37. The summed E-state index contributed by atoms with van der Waals surface area (Å²) < 4.78 is 65.2. The molecule has 7 nitrogen and oxygen atoms in total. The van der Waals surface area contributed by atoms with E-state index in [2.05, 4.69) is 19.8 Å². The lowest BCUT2D eigenvalue weighted by Crippen LogP contribution is -2.38. The summed E-state index contributed by atoms with van der Waals surface area (Å²) in [4.78, 5) is 13.6. The Bertz CT molecular complexity index is 1260. The highest BCUT2D eigenvalue weighted by atomic mass is 35.5. The molecular weight excluding hydrogens is 562 g/mol. The number of benzene rings is 1. The highest BCUT2D eigenvalue weighted by Crippen LogP contribution is 2.45. The molecule has 2 bridgehead atoms. The number of rotatable bonds is 3. The van der Waals surface area contributed by atoms with Gasteiger partial charge >= 0.3 is 12.2 Å². The number of alkyl halides is 4. The molecule has 1 aliphatic carbocycles. The molecule has 5 unspecified atom stereocenters. The van der Waals surface area contributed by atoms with Crippen molar-refractivity contribution in [2.24, 2.45) is 11.8 Å². The van der Waals surface area contributed by atoms with Crippen molar-refractivity contribution < 1.29 is 27.0 Å². The number of nitrogens with zero attached hydrogens (tertiary/aromatic N) is 4. The number of nitrogen functional groups attached to an aromatic ring is 1. The molecule has 1 saturated carbocycles. The molecule has 5 aliphatic rings. The van der Waals surface area contributed by atoms with Gasteiger partial charge in [0.05, 0.1) is 36.1 Å². The largest absolute Gasteiger partial charge is 0.467 e. The number of anilines is 2. The summed E-state index contributed by atoms with van der Waals surface area (Å²) in [6, 6.07) is 3.21. The Morgan fingerprint density at radius 1 is 1.07 bits per heavy atom. The third-order valence-electron chi connectivity index (χ3n) is 9.18. The van der Waals surface area contributed by atoms with Crippen molar-refractivity contribution in [1.82, 2.24) is 14.9 Å². The number of fused-ring (bicyclic) bond motifs is 4. The van der Waals surface area contributed by atoms with Crippen LogP contribution in [0.25, 0.3) is 0 Å². The second kappa shape index (κ2) is 11.4. The minimum absolute atomic E-state index is 0.0803. The SMILES string of the molecule is COc1nc2c(c(N3CC4CCC(C4)C3)n1)COC(c1cc(N)cc(Cl)c1C(F)(F)F)C2.FC1CC2CCCN2C1. The molecule has 4 fully saturated rings. The van der Waals surface area contributed by atoms with Gasteiger partial charge in [-0.2, -0.15) is 23.1 Å². The van der Waals surface area contributed by atoms with Gasteiger partial charge in [-0.1, -0.05) is 11.6 Å². The first kappa shape index (κ1) is 28.7. The first-order valence-corrected chi connectivity index (χ1v) is 14.8. The number of halogens is 5. The second-order valence-corrected chi connectivity index (χ2v) is 12.4. The highest BCUT2D eigenvalue weighted by molar-refractivity contribution is 6.31. The number of aromatic nitrogens is 2. The average molecular weight is 598 g/mol. The zero-order chi connectivity index (χ0) is 28.9. The van der Waals surface area contributed by atoms with E-state index in [4.69, 9.17) is 26.8 Å². The van der Waals surface area contributed by atoms with Gasteiger partial charge in [0.1, 0.15) is 12.0 Å². The highest BCUT2D eigenvalue weighted by Gasteiger charge is 2.41. The van der Waals surface area contributed by atoms with E-state index >= 15 is 0 Å². The number of hydrogen-bond acceptors (Lipinski definition) is 7. The molecule has 3 saturated heterocycles. The zero-order valence-corrected chi connectivity index (χ0v) is 23.9. The third kappa shape index (κ3) is 5.95. The summed E-state index contributed by atoms with van der Waals surface area (Å²) in [6.45, 7) is 3.79. The van der Waals surface area contributed by atoms with E-state index in [1.807, 2.05) is 0 Å². The lowest BCUT2D eigenvalue weighted by molar-refractivity contribution is -0.139. The molecule has 2 aromatic rings. The van der Waals surface area contributed by atoms with Crippen LogP contribution >= 0.6 is 11.6 Å². The van der Waals surface area contributed by atoms with E-state index in [0.717, 1.165) is 43.5 Å². The van der Waals surface area contributed by atoms with Crippen molar-refractivity contribution in [1.29, 1.82) is 0 Å². The zero-order valence-electron chi connectivity index (χ0n) is 23.1. The Morgan fingerprint density at radius 3 is 2.51 bits per heavy atom. The smallest absolute Gasteiger partial charge is 0.418 e. The van der Waals surface area contributed by atoms with Gasteiger partial charge in [0.25, 0.3) is 0 Å². The Kier molecular flexibility index (Phi) is 7.97. The van der Waals surface area contributed by atoms with Gasteiger partial charge in [0, 0.05) is 43.3 Å². The van der Waals surface area contributed by atoms with E-state index in [9.17, 15) is 17.6 Å². The fourth-order valence-electron chi connectivity index (χ4n) is 7.39. The van der Waals surface area contributed by atoms with Crippen molar-refractivity contribution in [2.75, 3.05) is 43.9 Å². The number of ether oxygens (including phenoxy) is 2. The molecule has 12 heteroatoms. The molecule has 41 heavy (non-hydrogen) atoms. The van der Waals surface area contributed by atoms with Gasteiger partial charge < -0.3 is 20.1 Å². The molecule has 2 N–H and O–H groups in total. The molecule has 0 radical (unpaired) electrons. The van der Waals surface area contributed by atoms with Crippen molar-refractivity contribution in [3.05, 3.63) is 39.5 Å². The maximum absolute atomic E-state index is 13.8. The summed E-state index contributed by atoms with van der Waals surface area (Å²) in [5.74, 6) is 2.06. The second-order valence-electron chi connectivity index (χ2n) is 12.0. The van der Waals surface area contributed by atoms with Crippen molar-refractivity contribution in [3.63, 3.8) is 0 Å². The van der Waals surface area contributed by atoms with Gasteiger partial charge in [0.15, 0.2) is 0 Å². The summed E-state index contributed by atoms with van der Waals surface area (Å²) in [7, 11) is 1.49. The number of hydrogen-bond donors (Lipinski definition) is 1. The van der Waals surface area contributed by atoms with E-state index in [1.165, 1.54) is 45.3 Å². The van der Waals surface area contributed by atoms with Crippen LogP contribution in [-0.4, -0.2) is 60.4 Å². The Balaban J connectivity index is 0.000000283. The molecule has 7 rings (SSSR count). The summed E-state index contributed by atoms with van der Waals surface area (Å²) >= 11 is 5.94. The molecule has 1 aromatic heterocycles. The van der Waals surface area contributed by atoms with Crippen LogP contribution in [0.1, 0.15) is 67.0 Å². The maximum Gasteiger partial charge on any atom is 0.418 e. The quantitative estimate of drug-likeness (QED) is 0.344. The van der Waals surface area contributed by atoms with E-state index in [1.54, 1.807) is 0 Å². The monoisotopic (exact) mass is 597 g/mol. The van der Waals surface area contributed by atoms with Crippen LogP contribution in [0.4, 0.5) is 29.1 Å². The summed E-state index contributed by atoms with van der Waals surface area (Å²) in [5.41, 5.74) is 6.41. The molecule has 1 aromatic carbocycles. The number of methoxy groups -OCH3 is 1. The van der Waals surface area contributed by atoms with Gasteiger partial charge in [0.2, 0.25) is 0 Å². The molecule has 4 aliphatic heterocycles. The van der Waals surface area contributed by atoms with Crippen LogP contribution in [0.2, 0.25) is 5.02 Å². The standard InChI is InChI=1S/C22H24ClF3N4O2.C7H12FN/c1-31-21-28-17-7-18(14-5-13(27)6-16(23)19(14)22(24,25)26)32-10-15(17)20(29-21)30-8-11-2-3-12(4-11)9-30;8-6-4-7-2-1-3-9(7)5-6/h5-6,11-12,18H,2-4,7-10,27H2,1H3;6-7H,1-5H2. The van der Waals surface area contributed by atoms with Crippen molar-refractivity contribution in [2.45, 2.75) is 76.0 Å². The van der Waals surface area contributed by atoms with Crippen molar-refractivity contribution in [3.8, 4) is 6.01 Å². The molecule has 5 heterocycles. The van der Waals surface area contributed by atoms with Crippen LogP contribution < -0.4 is 15.4 Å². The fourth-order valence-corrected chi connectivity index (χ4v) is 7.74. The van der Waals surface area contributed by atoms with Gasteiger partial charge in [-0.3, -0.25) is 4.90 Å². The molecular formula is C29H36ClF4N5O2. The van der Waals surface area contributed by atoms with E-state index in [-0.39, 0.29) is 30.3 Å².